The topological polar surface area (TPSA) is 57.0 Å². The number of carbonyl (C=O) groups excluding carboxylic acids is 1. The van der Waals surface area contributed by atoms with Crippen molar-refractivity contribution in [2.45, 2.75) is 19.6 Å². The minimum absolute atomic E-state index is 0.00799. The molecule has 0 fully saturated rings. The Morgan fingerprint density at radius 3 is 2.52 bits per heavy atom. The zero-order valence-electron chi connectivity index (χ0n) is 11.1. The van der Waals surface area contributed by atoms with Crippen LogP contribution in [0.25, 0.3) is 11.3 Å². The van der Waals surface area contributed by atoms with E-state index < -0.39 is 18.7 Å². The Morgan fingerprint density at radius 1 is 1.29 bits per heavy atom. The molecule has 2 aromatic rings. The number of ether oxygens (including phenoxy) is 1. The lowest BCUT2D eigenvalue weighted by molar-refractivity contribution is -0.142. The van der Waals surface area contributed by atoms with Crippen molar-refractivity contribution >= 4 is 5.97 Å². The van der Waals surface area contributed by atoms with Crippen molar-refractivity contribution in [2.24, 2.45) is 0 Å². The Balaban J connectivity index is 2.50. The van der Waals surface area contributed by atoms with Crippen LogP contribution >= 0.6 is 0 Å². The van der Waals surface area contributed by atoms with Crippen molar-refractivity contribution in [1.29, 1.82) is 0 Å². The van der Waals surface area contributed by atoms with Crippen LogP contribution in [0.1, 0.15) is 17.4 Å². The summed E-state index contributed by atoms with van der Waals surface area (Å²) in [6.07, 6.45) is -4.47. The maximum absolute atomic E-state index is 12.6. The maximum Gasteiger partial charge on any atom is 0.408 e. The van der Waals surface area contributed by atoms with E-state index in [0.717, 1.165) is 0 Å². The summed E-state index contributed by atoms with van der Waals surface area (Å²) in [6.45, 7) is 0.364. The maximum atomic E-state index is 12.6. The Hall–Kier alpha value is -2.38. The Kier molecular flexibility index (Phi) is 4.25. The summed E-state index contributed by atoms with van der Waals surface area (Å²) in [5, 5.41) is 6.96. The molecule has 0 saturated heterocycles. The molecule has 0 bridgehead atoms. The highest BCUT2D eigenvalue weighted by Gasteiger charge is 2.32. The quantitative estimate of drug-likeness (QED) is 0.814. The first-order valence-electron chi connectivity index (χ1n) is 6.15. The van der Waals surface area contributed by atoms with Crippen LogP contribution in [0.4, 0.5) is 13.2 Å². The molecule has 21 heavy (non-hydrogen) atoms. The van der Waals surface area contributed by atoms with Crippen LogP contribution in [0.5, 0.6) is 0 Å². The number of aromatic nitrogens is 3. The van der Waals surface area contributed by atoms with Gasteiger partial charge in [-0.05, 0) is 6.92 Å². The second-order valence-corrected chi connectivity index (χ2v) is 4.15. The van der Waals surface area contributed by atoms with Crippen LogP contribution in [-0.4, -0.2) is 33.7 Å². The standard InChI is InChI=1S/C13H12F3N3O2/c1-2-21-12(20)10-11(9-6-4-3-5-7-9)19(18-17-10)8-13(14,15)16/h3-7H,2,8H2,1H3. The number of halogens is 3. The molecule has 0 saturated carbocycles. The molecule has 0 aliphatic heterocycles. The molecule has 0 atom stereocenters. The minimum atomic E-state index is -4.47. The second-order valence-electron chi connectivity index (χ2n) is 4.15. The van der Waals surface area contributed by atoms with Gasteiger partial charge < -0.3 is 4.74 Å². The SMILES string of the molecule is CCOC(=O)c1nnn(CC(F)(F)F)c1-c1ccccc1. The van der Waals surface area contributed by atoms with Gasteiger partial charge in [-0.25, -0.2) is 9.48 Å². The number of esters is 1. The molecule has 5 nitrogen and oxygen atoms in total. The number of nitrogens with zero attached hydrogens (tertiary/aromatic N) is 3. The Labute approximate surface area is 118 Å². The van der Waals surface area contributed by atoms with Crippen LogP contribution in [0, 0.1) is 0 Å². The molecule has 1 heterocycles. The van der Waals surface area contributed by atoms with E-state index in [1.165, 1.54) is 0 Å². The first kappa shape index (κ1) is 15.0. The number of alkyl halides is 3. The summed E-state index contributed by atoms with van der Waals surface area (Å²) in [5.41, 5.74) is 0.175. The molecule has 2 rings (SSSR count). The first-order valence-corrected chi connectivity index (χ1v) is 6.15. The van der Waals surface area contributed by atoms with Gasteiger partial charge in [0.1, 0.15) is 12.2 Å². The molecule has 112 valence electrons. The fraction of sp³-hybridized carbons (Fsp3) is 0.308. The Morgan fingerprint density at radius 2 is 1.95 bits per heavy atom. The predicted molar refractivity (Wildman–Crippen MR) is 67.5 cm³/mol. The molecule has 0 aliphatic carbocycles. The van der Waals surface area contributed by atoms with Gasteiger partial charge in [0, 0.05) is 5.56 Å². The summed E-state index contributed by atoms with van der Waals surface area (Å²) in [7, 11) is 0. The van der Waals surface area contributed by atoms with E-state index in [9.17, 15) is 18.0 Å². The first-order chi connectivity index (χ1) is 9.92. The number of benzene rings is 1. The van der Waals surface area contributed by atoms with Gasteiger partial charge in [0.05, 0.1) is 6.61 Å². The third-order valence-corrected chi connectivity index (χ3v) is 2.58. The van der Waals surface area contributed by atoms with Crippen molar-refractivity contribution < 1.29 is 22.7 Å². The van der Waals surface area contributed by atoms with Gasteiger partial charge in [-0.3, -0.25) is 0 Å². The molecule has 1 aromatic heterocycles. The van der Waals surface area contributed by atoms with Gasteiger partial charge in [0.25, 0.3) is 0 Å². The highest BCUT2D eigenvalue weighted by atomic mass is 19.4. The average Bonchev–Trinajstić information content (AvgIpc) is 2.81. The zero-order valence-corrected chi connectivity index (χ0v) is 11.1. The van der Waals surface area contributed by atoms with E-state index in [2.05, 4.69) is 10.3 Å². The predicted octanol–water partition coefficient (Wildman–Crippen LogP) is 2.68. The van der Waals surface area contributed by atoms with Gasteiger partial charge >= 0.3 is 12.1 Å². The lowest BCUT2D eigenvalue weighted by Crippen LogP contribution is -2.20. The lowest BCUT2D eigenvalue weighted by Gasteiger charge is -2.10. The van der Waals surface area contributed by atoms with E-state index in [0.29, 0.717) is 10.2 Å². The van der Waals surface area contributed by atoms with Crippen molar-refractivity contribution in [3.63, 3.8) is 0 Å². The number of hydrogen-bond acceptors (Lipinski definition) is 4. The molecule has 0 spiro atoms. The van der Waals surface area contributed by atoms with E-state index in [1.807, 2.05) is 0 Å². The minimum Gasteiger partial charge on any atom is -0.461 e. The summed E-state index contributed by atoms with van der Waals surface area (Å²) < 4.78 is 43.2. The van der Waals surface area contributed by atoms with Gasteiger partial charge in [0.2, 0.25) is 0 Å². The second kappa shape index (κ2) is 5.94. The molecule has 1 aromatic carbocycles. The van der Waals surface area contributed by atoms with Crippen molar-refractivity contribution in [3.05, 3.63) is 36.0 Å². The number of rotatable bonds is 4. The van der Waals surface area contributed by atoms with Crippen LogP contribution in [-0.2, 0) is 11.3 Å². The number of hydrogen-bond donors (Lipinski definition) is 0. The highest BCUT2D eigenvalue weighted by molar-refractivity contribution is 5.94. The van der Waals surface area contributed by atoms with Gasteiger partial charge in [-0.15, -0.1) is 5.10 Å². The normalized spacial score (nSPS) is 11.4. The fourth-order valence-electron chi connectivity index (χ4n) is 1.81. The smallest absolute Gasteiger partial charge is 0.408 e. The molecule has 0 aliphatic rings. The largest absolute Gasteiger partial charge is 0.461 e. The lowest BCUT2D eigenvalue weighted by atomic mass is 10.1. The molecule has 0 amide bonds. The highest BCUT2D eigenvalue weighted by Crippen LogP contribution is 2.26. The third-order valence-electron chi connectivity index (χ3n) is 2.58. The van der Waals surface area contributed by atoms with Crippen molar-refractivity contribution in [2.75, 3.05) is 6.61 Å². The van der Waals surface area contributed by atoms with E-state index >= 15 is 0 Å². The summed E-state index contributed by atoms with van der Waals surface area (Å²) in [6, 6.07) is 8.17. The van der Waals surface area contributed by atoms with Crippen LogP contribution in [0.2, 0.25) is 0 Å². The van der Waals surface area contributed by atoms with Crippen LogP contribution in [0.15, 0.2) is 30.3 Å². The fourth-order valence-corrected chi connectivity index (χ4v) is 1.81. The average molecular weight is 299 g/mol. The van der Waals surface area contributed by atoms with Crippen molar-refractivity contribution in [1.82, 2.24) is 15.0 Å². The van der Waals surface area contributed by atoms with Crippen molar-refractivity contribution in [3.8, 4) is 11.3 Å². The van der Waals surface area contributed by atoms with Gasteiger partial charge in [0.15, 0.2) is 5.69 Å². The summed E-state index contributed by atoms with van der Waals surface area (Å²) in [5.74, 6) is -0.801. The number of carbonyl (C=O) groups is 1. The van der Waals surface area contributed by atoms with E-state index in [4.69, 9.17) is 4.74 Å². The molecular formula is C13H12F3N3O2. The van der Waals surface area contributed by atoms with Gasteiger partial charge in [-0.2, -0.15) is 13.2 Å². The Bertz CT molecular complexity index is 623. The molecule has 0 unspecified atom stereocenters. The third kappa shape index (κ3) is 3.59. The van der Waals surface area contributed by atoms with Crippen LogP contribution in [0.3, 0.4) is 0 Å². The summed E-state index contributed by atoms with van der Waals surface area (Å²) in [4.78, 5) is 11.8. The molecular weight excluding hydrogens is 287 g/mol. The van der Waals surface area contributed by atoms with E-state index in [1.54, 1.807) is 37.3 Å². The van der Waals surface area contributed by atoms with E-state index in [-0.39, 0.29) is 18.0 Å². The zero-order chi connectivity index (χ0) is 15.5. The van der Waals surface area contributed by atoms with Crippen LogP contribution < -0.4 is 0 Å². The monoisotopic (exact) mass is 299 g/mol. The van der Waals surface area contributed by atoms with Gasteiger partial charge in [-0.1, -0.05) is 35.5 Å². The molecule has 8 heteroatoms. The molecule has 0 N–H and O–H groups in total. The summed E-state index contributed by atoms with van der Waals surface area (Å²) >= 11 is 0. The molecule has 0 radical (unpaired) electrons.